The minimum atomic E-state index is -2.97. The van der Waals surface area contributed by atoms with Gasteiger partial charge in [0.15, 0.2) is 0 Å². The van der Waals surface area contributed by atoms with Crippen molar-refractivity contribution in [1.82, 2.24) is 0 Å². The first-order valence-corrected chi connectivity index (χ1v) is 4.04. The van der Waals surface area contributed by atoms with Gasteiger partial charge in [-0.1, -0.05) is 0 Å². The molecular formula is C8H9MgNaO9. The second-order valence-electron chi connectivity index (χ2n) is 2.94. The number of carbonyl (C=O) groups excluding carboxylic acids is 3. The molecule has 0 bridgehead atoms. The van der Waals surface area contributed by atoms with Crippen molar-refractivity contribution in [1.29, 1.82) is 0 Å². The van der Waals surface area contributed by atoms with E-state index in [4.69, 9.17) is 15.0 Å². The summed E-state index contributed by atoms with van der Waals surface area (Å²) in [6, 6.07) is 0. The average molecular weight is 296 g/mol. The van der Waals surface area contributed by atoms with Crippen molar-refractivity contribution >= 4 is 46.9 Å². The summed E-state index contributed by atoms with van der Waals surface area (Å²) in [5, 5.41) is 46.3. The molecule has 0 saturated heterocycles. The van der Waals surface area contributed by atoms with E-state index in [9.17, 15) is 29.7 Å². The Hall–Kier alpha value is -0.394. The van der Waals surface area contributed by atoms with Crippen LogP contribution >= 0.6 is 0 Å². The van der Waals surface area contributed by atoms with Gasteiger partial charge in [0.25, 0.3) is 5.97 Å². The van der Waals surface area contributed by atoms with Gasteiger partial charge in [0, 0.05) is 31.7 Å². The molecule has 0 heterocycles. The third-order valence-corrected chi connectivity index (χ3v) is 1.25. The fourth-order valence-corrected chi connectivity index (χ4v) is 0.684. The van der Waals surface area contributed by atoms with Gasteiger partial charge in [-0.3, -0.25) is 4.79 Å². The molecular weight excluding hydrogens is 287 g/mol. The van der Waals surface area contributed by atoms with Crippen molar-refractivity contribution in [2.75, 3.05) is 0 Å². The van der Waals surface area contributed by atoms with Crippen molar-refractivity contribution in [2.45, 2.75) is 25.4 Å². The van der Waals surface area contributed by atoms with Crippen molar-refractivity contribution < 1.29 is 74.3 Å². The van der Waals surface area contributed by atoms with E-state index in [0.717, 1.165) is 6.92 Å². The zero-order valence-electron chi connectivity index (χ0n) is 10.4. The minimum absolute atomic E-state index is 0. The first-order chi connectivity index (χ1) is 7.51. The molecule has 0 aromatic heterocycles. The maximum Gasteiger partial charge on any atom is 2.00 e. The first kappa shape index (κ1) is 27.0. The van der Waals surface area contributed by atoms with Crippen LogP contribution in [0.2, 0.25) is 0 Å². The molecule has 0 amide bonds. The van der Waals surface area contributed by atoms with Crippen LogP contribution in [0.5, 0.6) is 0 Å². The van der Waals surface area contributed by atoms with Crippen LogP contribution in [0.15, 0.2) is 0 Å². The van der Waals surface area contributed by atoms with Gasteiger partial charge in [-0.05, 0) is 0 Å². The van der Waals surface area contributed by atoms with Crippen molar-refractivity contribution in [2.24, 2.45) is 0 Å². The molecule has 0 rings (SSSR count). The Kier molecular flexibility index (Phi) is 18.0. The summed E-state index contributed by atoms with van der Waals surface area (Å²) in [5.41, 5.74) is -2.97. The van der Waals surface area contributed by atoms with E-state index in [1.807, 2.05) is 0 Å². The average Bonchev–Trinajstić information content (AvgIpc) is 1.98. The number of carboxylic acids is 4. The van der Waals surface area contributed by atoms with Crippen molar-refractivity contribution in [3.8, 4) is 0 Å². The second kappa shape index (κ2) is 12.6. The van der Waals surface area contributed by atoms with Crippen LogP contribution in [0.25, 0.3) is 0 Å². The topological polar surface area (TPSA) is 178 Å². The third-order valence-electron chi connectivity index (χ3n) is 1.25. The molecule has 98 valence electrons. The molecule has 0 aliphatic heterocycles. The van der Waals surface area contributed by atoms with Crippen LogP contribution in [-0.4, -0.2) is 62.7 Å². The number of rotatable bonds is 5. The Morgan fingerprint density at radius 2 is 1.21 bits per heavy atom. The van der Waals surface area contributed by atoms with E-state index in [2.05, 4.69) is 0 Å². The quantitative estimate of drug-likeness (QED) is 0.466. The molecule has 0 atom stereocenters. The Morgan fingerprint density at radius 3 is 1.32 bits per heavy atom. The number of carboxylic acid groups (broad SMARTS) is 4. The Balaban J connectivity index is -0.000000165. The van der Waals surface area contributed by atoms with E-state index < -0.39 is 42.3 Å². The molecule has 0 spiro atoms. The van der Waals surface area contributed by atoms with Crippen LogP contribution in [0.1, 0.15) is 19.8 Å². The molecule has 11 heteroatoms. The van der Waals surface area contributed by atoms with Crippen LogP contribution in [-0.2, 0) is 19.2 Å². The number of carbonyl (C=O) groups is 4. The van der Waals surface area contributed by atoms with Gasteiger partial charge in [-0.2, -0.15) is 0 Å². The second-order valence-corrected chi connectivity index (χ2v) is 2.94. The van der Waals surface area contributed by atoms with Gasteiger partial charge in [0.05, 0.1) is 5.97 Å². The molecule has 0 aliphatic carbocycles. The normalized spacial score (nSPS) is 8.74. The molecule has 2 N–H and O–H groups in total. The zero-order valence-corrected chi connectivity index (χ0v) is 13.8. The number of hydrogen-bond acceptors (Lipinski definition) is 8. The fourth-order valence-electron chi connectivity index (χ4n) is 0.684. The van der Waals surface area contributed by atoms with Crippen LogP contribution in [0.4, 0.5) is 0 Å². The molecule has 0 unspecified atom stereocenters. The van der Waals surface area contributed by atoms with E-state index in [-0.39, 0.29) is 52.6 Å². The van der Waals surface area contributed by atoms with Gasteiger partial charge in [-0.25, -0.2) is 0 Å². The molecule has 0 saturated carbocycles. The Bertz CT molecular complexity index is 310. The Morgan fingerprint density at radius 1 is 1.00 bits per heavy atom. The summed E-state index contributed by atoms with van der Waals surface area (Å²) in [7, 11) is 0. The summed E-state index contributed by atoms with van der Waals surface area (Å²) >= 11 is 0. The molecule has 0 radical (unpaired) electrons. The summed E-state index contributed by atoms with van der Waals surface area (Å²) in [5.74, 6) is -6.82. The standard InChI is InChI=1S/C6H8O7.C2H4O2.Mg.Na/c7-3(8)1-6(13,5(11)12)2-4(9)10;1-2(3)4;;/h13H,1-2H2,(H,7,8)(H,9,10)(H,11,12);1H3,(H,3,4);;/q;;+2;+1/p-3. The molecule has 9 nitrogen and oxygen atoms in total. The first-order valence-electron chi connectivity index (χ1n) is 4.04. The minimum Gasteiger partial charge on any atom is -0.550 e. The molecule has 19 heavy (non-hydrogen) atoms. The van der Waals surface area contributed by atoms with E-state index in [1.54, 1.807) is 0 Å². The summed E-state index contributed by atoms with van der Waals surface area (Å²) in [6.45, 7) is 1.08. The molecule has 0 aromatic carbocycles. The largest absolute Gasteiger partial charge is 2.00 e. The van der Waals surface area contributed by atoms with Crippen molar-refractivity contribution in [3.05, 3.63) is 0 Å². The van der Waals surface area contributed by atoms with Gasteiger partial charge >= 0.3 is 52.6 Å². The van der Waals surface area contributed by atoms with E-state index in [1.165, 1.54) is 0 Å². The number of aliphatic hydroxyl groups is 1. The van der Waals surface area contributed by atoms with Gasteiger partial charge in [-0.15, -0.1) is 0 Å². The predicted octanol–water partition coefficient (Wildman–Crippen LogP) is -8.54. The molecule has 0 aliphatic rings. The third kappa shape index (κ3) is 17.6. The van der Waals surface area contributed by atoms with E-state index in [0.29, 0.717) is 0 Å². The SMILES string of the molecule is CC(=O)O.O=C([O-])CC(O)(CC(=O)[O-])C(=O)[O-].[Mg+2].[Na+]. The summed E-state index contributed by atoms with van der Waals surface area (Å²) in [4.78, 5) is 39.0. The van der Waals surface area contributed by atoms with Crippen LogP contribution in [0, 0.1) is 0 Å². The summed E-state index contributed by atoms with van der Waals surface area (Å²) < 4.78 is 0. The predicted molar refractivity (Wildman–Crippen MR) is 48.3 cm³/mol. The smallest absolute Gasteiger partial charge is 0.550 e. The maximum atomic E-state index is 10.1. The van der Waals surface area contributed by atoms with Crippen molar-refractivity contribution in [3.63, 3.8) is 0 Å². The van der Waals surface area contributed by atoms with Crippen LogP contribution in [0.3, 0.4) is 0 Å². The Labute approximate surface area is 146 Å². The number of aliphatic carboxylic acids is 4. The van der Waals surface area contributed by atoms with Crippen LogP contribution < -0.4 is 44.9 Å². The fraction of sp³-hybridized carbons (Fsp3) is 0.500. The summed E-state index contributed by atoms with van der Waals surface area (Å²) in [6.07, 6.45) is -2.72. The zero-order chi connectivity index (χ0) is 14.2. The van der Waals surface area contributed by atoms with E-state index >= 15 is 0 Å². The van der Waals surface area contributed by atoms with Gasteiger partial charge in [0.2, 0.25) is 0 Å². The van der Waals surface area contributed by atoms with Gasteiger partial charge < -0.3 is 39.9 Å². The van der Waals surface area contributed by atoms with Gasteiger partial charge in [0.1, 0.15) is 5.60 Å². The maximum absolute atomic E-state index is 10.1. The molecule has 0 fully saturated rings. The number of hydrogen-bond donors (Lipinski definition) is 2. The molecule has 0 aromatic rings. The monoisotopic (exact) mass is 296 g/mol.